The fraction of sp³-hybridized carbons (Fsp3) is 0.486. The summed E-state index contributed by atoms with van der Waals surface area (Å²) in [5, 5.41) is 8.44. The van der Waals surface area contributed by atoms with Crippen molar-refractivity contribution < 1.29 is 19.7 Å². The van der Waals surface area contributed by atoms with Crippen LogP contribution < -0.4 is 20.1 Å². The molecule has 0 spiro atoms. The van der Waals surface area contributed by atoms with Crippen molar-refractivity contribution in [2.45, 2.75) is 70.7 Å². The van der Waals surface area contributed by atoms with E-state index in [1.54, 1.807) is 18.5 Å². The second kappa shape index (κ2) is 13.7. The molecule has 0 aliphatic carbocycles. The van der Waals surface area contributed by atoms with Crippen molar-refractivity contribution in [3.63, 3.8) is 0 Å². The normalized spacial score (nSPS) is 23.0. The van der Waals surface area contributed by atoms with Gasteiger partial charge >= 0.3 is 6.01 Å². The lowest BCUT2D eigenvalue weighted by Crippen LogP contribution is -2.43. The third-order valence-electron chi connectivity index (χ3n) is 8.79. The van der Waals surface area contributed by atoms with E-state index in [4.69, 9.17) is 20.9 Å². The summed E-state index contributed by atoms with van der Waals surface area (Å²) in [6, 6.07) is 5.53. The van der Waals surface area contributed by atoms with Crippen LogP contribution in [0.1, 0.15) is 59.9 Å². The van der Waals surface area contributed by atoms with E-state index in [0.717, 1.165) is 37.7 Å². The summed E-state index contributed by atoms with van der Waals surface area (Å²) in [7, 11) is 0. The number of pyridine rings is 2. The van der Waals surface area contributed by atoms with Crippen LogP contribution in [-0.4, -0.2) is 82.0 Å². The van der Waals surface area contributed by atoms with E-state index in [9.17, 15) is 4.39 Å². The number of nitrogens with one attached hydrogen (secondary N) is 2. The minimum Gasteiger partial charge on any atom is -0.474 e. The molecule has 3 aromatic heterocycles. The van der Waals surface area contributed by atoms with E-state index in [-0.39, 0.29) is 37.2 Å². The van der Waals surface area contributed by atoms with Gasteiger partial charge in [-0.25, -0.2) is 13.8 Å². The number of terminal acetylenes is 1. The van der Waals surface area contributed by atoms with Gasteiger partial charge in [0.25, 0.3) is 0 Å². The molecule has 2 N–H and O–H groups in total. The summed E-state index contributed by atoms with van der Waals surface area (Å²) < 4.78 is 43.7. The van der Waals surface area contributed by atoms with Crippen LogP contribution in [0, 0.1) is 18.2 Å². The summed E-state index contributed by atoms with van der Waals surface area (Å²) in [5.41, 5.74) is 0.666. The maximum Gasteiger partial charge on any atom is 0.319 e. The highest BCUT2D eigenvalue weighted by molar-refractivity contribution is 6.02. The Morgan fingerprint density at radius 3 is 2.85 bits per heavy atom. The molecule has 11 heteroatoms. The molecule has 0 bridgehead atoms. The molecule has 7 rings (SSSR count). The van der Waals surface area contributed by atoms with Crippen LogP contribution in [0.25, 0.3) is 32.9 Å². The van der Waals surface area contributed by atoms with E-state index in [1.165, 1.54) is 6.42 Å². The van der Waals surface area contributed by atoms with Crippen molar-refractivity contribution in [3.05, 3.63) is 42.0 Å². The molecule has 0 saturated carbocycles. The monoisotopic (exact) mass is 631 g/mol. The van der Waals surface area contributed by atoms with Gasteiger partial charge < -0.3 is 20.1 Å². The maximum atomic E-state index is 16.8. The number of hydrogen-bond donors (Lipinski definition) is 2. The van der Waals surface area contributed by atoms with E-state index >= 15 is 4.39 Å². The Kier molecular flexibility index (Phi) is 9.47. The Labute approximate surface area is 270 Å². The smallest absolute Gasteiger partial charge is 0.319 e. The first-order valence-corrected chi connectivity index (χ1v) is 16.3. The van der Waals surface area contributed by atoms with Crippen molar-refractivity contribution in [1.29, 1.82) is 0 Å². The van der Waals surface area contributed by atoms with Crippen molar-refractivity contribution in [2.75, 3.05) is 44.6 Å². The molecule has 0 amide bonds. The first kappa shape index (κ1) is 31.8. The fourth-order valence-electron chi connectivity index (χ4n) is 6.71. The van der Waals surface area contributed by atoms with Gasteiger partial charge in [0.05, 0.1) is 11.6 Å². The number of alkyl halides is 1. The fourth-order valence-corrected chi connectivity index (χ4v) is 6.71. The van der Waals surface area contributed by atoms with Gasteiger partial charge in [-0.3, -0.25) is 9.88 Å². The third kappa shape index (κ3) is 6.16. The molecule has 3 aliphatic heterocycles. The van der Waals surface area contributed by atoms with E-state index < -0.39 is 17.5 Å². The van der Waals surface area contributed by atoms with Crippen LogP contribution >= 0.6 is 0 Å². The minimum atomic E-state index is -0.893. The minimum absolute atomic E-state index is 0. The molecule has 244 valence electrons. The molecule has 1 aromatic carbocycles. The summed E-state index contributed by atoms with van der Waals surface area (Å²) >= 11 is 0. The quantitative estimate of drug-likeness (QED) is 0.257. The van der Waals surface area contributed by atoms with Crippen molar-refractivity contribution >= 4 is 27.5 Å². The topological polar surface area (TPSA) is 97.3 Å². The number of hydrogen-bond acceptors (Lipinski definition) is 9. The highest BCUT2D eigenvalue weighted by Gasteiger charge is 2.49. The number of fused-ring (bicyclic) bond motifs is 2. The number of aromatic nitrogens is 4. The zero-order valence-electron chi connectivity index (χ0n) is 26.7. The predicted molar refractivity (Wildman–Crippen MR) is 179 cm³/mol. The summed E-state index contributed by atoms with van der Waals surface area (Å²) in [6.07, 6.45) is 12.2. The Hall–Kier alpha value is -4.14. The lowest BCUT2D eigenvalue weighted by Gasteiger charge is -2.30. The van der Waals surface area contributed by atoms with Crippen LogP contribution in [0.4, 0.5) is 14.6 Å². The summed E-state index contributed by atoms with van der Waals surface area (Å²) in [4.78, 5) is 20.5. The van der Waals surface area contributed by atoms with Gasteiger partial charge in [0, 0.05) is 61.8 Å². The molecule has 2 saturated heterocycles. The van der Waals surface area contributed by atoms with E-state index in [1.807, 2.05) is 19.1 Å². The zero-order chi connectivity index (χ0) is 32.3. The second-order valence-electron chi connectivity index (χ2n) is 12.4. The zero-order valence-corrected chi connectivity index (χ0v) is 26.7. The Balaban J connectivity index is 0.00000105. The van der Waals surface area contributed by atoms with Crippen molar-refractivity contribution in [1.82, 2.24) is 30.2 Å². The highest BCUT2D eigenvalue weighted by Crippen LogP contribution is 2.42. The maximum absolute atomic E-state index is 16.8. The van der Waals surface area contributed by atoms with Gasteiger partial charge in [0.2, 0.25) is 5.88 Å². The number of nitrogens with zero attached hydrogens (tertiary/aromatic N) is 5. The molecular formula is C35H43F2N7O2. The van der Waals surface area contributed by atoms with Gasteiger partial charge in [0.15, 0.2) is 5.82 Å². The van der Waals surface area contributed by atoms with Crippen LogP contribution in [-0.2, 0) is 0 Å². The SMILES string of the molecule is C#Cc1cccc2cncc(-c3nc4c5c(nc(OC[C@@]67CCCN6CC(F)C7)nc5c3F)NCCNCC[C@H](C)O4)c12.CCC.[HH]. The molecule has 3 atom stereocenters. The van der Waals surface area contributed by atoms with Crippen LogP contribution in [0.2, 0.25) is 0 Å². The molecule has 9 nitrogen and oxygen atoms in total. The average Bonchev–Trinajstić information content (AvgIpc) is 3.57. The largest absolute Gasteiger partial charge is 0.474 e. The summed E-state index contributed by atoms with van der Waals surface area (Å²) in [6.45, 7) is 9.60. The number of anilines is 1. The first-order chi connectivity index (χ1) is 22.4. The highest BCUT2D eigenvalue weighted by atomic mass is 19.1. The van der Waals surface area contributed by atoms with Gasteiger partial charge in [-0.2, -0.15) is 9.97 Å². The molecule has 4 aromatic rings. The van der Waals surface area contributed by atoms with Gasteiger partial charge in [0.1, 0.15) is 35.2 Å². The lowest BCUT2D eigenvalue weighted by molar-refractivity contribution is 0.107. The average molecular weight is 632 g/mol. The molecule has 3 aliphatic rings. The first-order valence-electron chi connectivity index (χ1n) is 16.3. The van der Waals surface area contributed by atoms with E-state index in [2.05, 4.69) is 50.3 Å². The van der Waals surface area contributed by atoms with Crippen LogP contribution in [0.3, 0.4) is 0 Å². The number of rotatable bonds is 4. The number of halogens is 2. The van der Waals surface area contributed by atoms with Gasteiger partial charge in [-0.05, 0) is 45.3 Å². The van der Waals surface area contributed by atoms with E-state index in [0.29, 0.717) is 53.8 Å². The molecular weight excluding hydrogens is 588 g/mol. The summed E-state index contributed by atoms with van der Waals surface area (Å²) in [5.74, 6) is 2.61. The third-order valence-corrected chi connectivity index (χ3v) is 8.79. The second-order valence-corrected chi connectivity index (χ2v) is 12.4. The molecule has 0 radical (unpaired) electrons. The molecule has 46 heavy (non-hydrogen) atoms. The number of benzene rings is 1. The molecule has 2 fully saturated rings. The Bertz CT molecular complexity index is 1770. The molecule has 1 unspecified atom stereocenters. The van der Waals surface area contributed by atoms with Crippen LogP contribution in [0.5, 0.6) is 11.9 Å². The van der Waals surface area contributed by atoms with Gasteiger partial charge in [-0.15, -0.1) is 6.42 Å². The van der Waals surface area contributed by atoms with Crippen molar-refractivity contribution in [3.8, 4) is 35.5 Å². The Morgan fingerprint density at radius 2 is 2.02 bits per heavy atom. The Morgan fingerprint density at radius 1 is 1.17 bits per heavy atom. The molecule has 6 heterocycles. The standard InChI is InChI=1S/C32H33F2N7O2.C3H8.H2/c1-3-20-6-4-7-21-15-36-16-23(24(20)21)27-26(34)28-25-29(37-12-11-35-10-8-19(2)43-30(25)38-27)40-31(39-28)42-18-32-9-5-13-41(32)17-22(33)14-32;1-3-2;/h1,4,6-7,15-16,19,22,35H,5,8-14,17-18H2,2H3,(H,37,39,40);3H2,1-2H3;1H/t19-,22?,32-;;/m0../s1. The van der Waals surface area contributed by atoms with Crippen molar-refractivity contribution in [2.24, 2.45) is 0 Å². The predicted octanol–water partition coefficient (Wildman–Crippen LogP) is 6.15. The van der Waals surface area contributed by atoms with Gasteiger partial charge in [-0.1, -0.05) is 38.3 Å². The van der Waals surface area contributed by atoms with Crippen LogP contribution in [0.15, 0.2) is 30.6 Å². The lowest BCUT2D eigenvalue weighted by atomic mass is 9.95. The number of ether oxygens (including phenoxy) is 2.